The summed E-state index contributed by atoms with van der Waals surface area (Å²) in [5.74, 6) is 1.01. The molecule has 0 radical (unpaired) electrons. The number of aromatic nitrogens is 4. The average Bonchev–Trinajstić information content (AvgIpc) is 3.17. The van der Waals surface area contributed by atoms with E-state index in [-0.39, 0.29) is 11.4 Å². The third kappa shape index (κ3) is 3.96. The van der Waals surface area contributed by atoms with Gasteiger partial charge in [0.05, 0.1) is 0 Å². The van der Waals surface area contributed by atoms with Crippen molar-refractivity contribution in [3.05, 3.63) is 72.2 Å². The number of nitrogens with zero attached hydrogens (tertiary/aromatic N) is 4. The van der Waals surface area contributed by atoms with Crippen LogP contribution < -0.4 is 10.1 Å². The minimum atomic E-state index is 0.243. The maximum Gasteiger partial charge on any atom is 0.216 e. The van der Waals surface area contributed by atoms with Crippen LogP contribution in [0.1, 0.15) is 11.4 Å². The highest BCUT2D eigenvalue weighted by atomic mass is 16.5. The fraction of sp³-hybridized carbons (Fsp3) is 0.0588. The zero-order valence-corrected chi connectivity index (χ0v) is 12.7. The van der Waals surface area contributed by atoms with Crippen molar-refractivity contribution in [2.24, 2.45) is 0 Å². The summed E-state index contributed by atoms with van der Waals surface area (Å²) in [6.07, 6.45) is 1.53. The quantitative estimate of drug-likeness (QED) is 0.678. The van der Waals surface area contributed by atoms with Gasteiger partial charge < -0.3 is 10.1 Å². The molecule has 3 aromatic rings. The molecule has 0 aliphatic heterocycles. The molecule has 0 aliphatic rings. The molecule has 3 rings (SSSR count). The Bertz CT molecular complexity index is 835. The van der Waals surface area contributed by atoms with E-state index in [1.165, 1.54) is 6.20 Å². The normalized spacial score (nSPS) is 10.9. The maximum atomic E-state index is 9.10. The molecule has 0 unspecified atom stereocenters. The van der Waals surface area contributed by atoms with E-state index < -0.39 is 0 Å². The summed E-state index contributed by atoms with van der Waals surface area (Å²) in [6, 6.07) is 19.4. The molecule has 7 nitrogen and oxygen atoms in total. The van der Waals surface area contributed by atoms with Crippen LogP contribution in [0.3, 0.4) is 0 Å². The lowest BCUT2D eigenvalue weighted by molar-refractivity contribution is 0.306. The second kappa shape index (κ2) is 7.56. The van der Waals surface area contributed by atoms with Crippen molar-refractivity contribution in [1.29, 1.82) is 5.26 Å². The zero-order chi connectivity index (χ0) is 16.6. The van der Waals surface area contributed by atoms with E-state index in [1.54, 1.807) is 0 Å². The number of benzene rings is 2. The SMILES string of the molecule is N#CC(=CNc1ccc(OCc2ccccc2)cc1)c1nn[nH]n1. The lowest BCUT2D eigenvalue weighted by Crippen LogP contribution is -1.96. The van der Waals surface area contributed by atoms with Crippen LogP contribution in [0.2, 0.25) is 0 Å². The Hall–Kier alpha value is -3.66. The minimum Gasteiger partial charge on any atom is -0.489 e. The number of rotatable bonds is 6. The molecular weight excluding hydrogens is 304 g/mol. The molecule has 24 heavy (non-hydrogen) atoms. The Kier molecular flexibility index (Phi) is 4.80. The fourth-order valence-corrected chi connectivity index (χ4v) is 1.97. The average molecular weight is 318 g/mol. The van der Waals surface area contributed by atoms with Crippen LogP contribution in [0.4, 0.5) is 5.69 Å². The minimum absolute atomic E-state index is 0.243. The molecule has 0 saturated heterocycles. The number of aromatic amines is 1. The van der Waals surface area contributed by atoms with Gasteiger partial charge in [0.1, 0.15) is 24.0 Å². The highest BCUT2D eigenvalue weighted by molar-refractivity contribution is 5.74. The summed E-state index contributed by atoms with van der Waals surface area (Å²) < 4.78 is 5.72. The van der Waals surface area contributed by atoms with Crippen molar-refractivity contribution in [2.45, 2.75) is 6.61 Å². The van der Waals surface area contributed by atoms with Crippen LogP contribution in [0.5, 0.6) is 5.75 Å². The Balaban J connectivity index is 1.59. The number of nitriles is 1. The van der Waals surface area contributed by atoms with Gasteiger partial charge in [-0.1, -0.05) is 30.3 Å². The smallest absolute Gasteiger partial charge is 0.216 e. The van der Waals surface area contributed by atoms with Gasteiger partial charge in [0.2, 0.25) is 5.82 Å². The van der Waals surface area contributed by atoms with Gasteiger partial charge in [-0.3, -0.25) is 0 Å². The molecule has 0 spiro atoms. The Morgan fingerprint density at radius 3 is 2.62 bits per heavy atom. The van der Waals surface area contributed by atoms with Crippen LogP contribution in [0.15, 0.2) is 60.8 Å². The van der Waals surface area contributed by atoms with Gasteiger partial charge in [-0.25, -0.2) is 0 Å². The van der Waals surface area contributed by atoms with E-state index in [2.05, 4.69) is 25.9 Å². The van der Waals surface area contributed by atoms with Crippen LogP contribution >= 0.6 is 0 Å². The molecule has 0 amide bonds. The number of nitrogens with one attached hydrogen (secondary N) is 2. The van der Waals surface area contributed by atoms with Gasteiger partial charge in [-0.15, -0.1) is 10.2 Å². The molecule has 1 aromatic heterocycles. The van der Waals surface area contributed by atoms with Crippen molar-refractivity contribution >= 4 is 11.3 Å². The first-order valence-corrected chi connectivity index (χ1v) is 7.22. The molecule has 118 valence electrons. The van der Waals surface area contributed by atoms with Crippen LogP contribution in [0.25, 0.3) is 5.57 Å². The summed E-state index contributed by atoms with van der Waals surface area (Å²) in [5, 5.41) is 25.4. The molecule has 2 aromatic carbocycles. The van der Waals surface area contributed by atoms with E-state index in [4.69, 9.17) is 10.00 Å². The number of anilines is 1. The molecule has 0 aliphatic carbocycles. The third-order valence-electron chi connectivity index (χ3n) is 3.19. The Morgan fingerprint density at radius 1 is 1.17 bits per heavy atom. The number of ether oxygens (including phenoxy) is 1. The van der Waals surface area contributed by atoms with Gasteiger partial charge in [-0.2, -0.15) is 10.5 Å². The monoisotopic (exact) mass is 318 g/mol. The third-order valence-corrected chi connectivity index (χ3v) is 3.19. The van der Waals surface area contributed by atoms with E-state index in [1.807, 2.05) is 60.7 Å². The van der Waals surface area contributed by atoms with Crippen molar-refractivity contribution in [3.63, 3.8) is 0 Å². The largest absolute Gasteiger partial charge is 0.489 e. The van der Waals surface area contributed by atoms with Crippen molar-refractivity contribution in [2.75, 3.05) is 5.32 Å². The van der Waals surface area contributed by atoms with Crippen LogP contribution in [-0.2, 0) is 6.61 Å². The van der Waals surface area contributed by atoms with Gasteiger partial charge >= 0.3 is 0 Å². The topological polar surface area (TPSA) is 99.5 Å². The van der Waals surface area contributed by atoms with E-state index >= 15 is 0 Å². The molecule has 0 atom stereocenters. The number of allylic oxidation sites excluding steroid dienone is 1. The maximum absolute atomic E-state index is 9.10. The molecule has 7 heteroatoms. The number of H-pyrrole nitrogens is 1. The van der Waals surface area contributed by atoms with Crippen molar-refractivity contribution in [1.82, 2.24) is 20.6 Å². The number of hydrogen-bond donors (Lipinski definition) is 2. The molecule has 0 fully saturated rings. The van der Waals surface area contributed by atoms with E-state index in [0.29, 0.717) is 6.61 Å². The second-order valence-corrected chi connectivity index (χ2v) is 4.85. The first-order valence-electron chi connectivity index (χ1n) is 7.22. The predicted octanol–water partition coefficient (Wildman–Crippen LogP) is 2.76. The Morgan fingerprint density at radius 2 is 1.96 bits per heavy atom. The highest BCUT2D eigenvalue weighted by Crippen LogP contribution is 2.18. The number of hydrogen-bond acceptors (Lipinski definition) is 6. The predicted molar refractivity (Wildman–Crippen MR) is 88.6 cm³/mol. The molecule has 0 bridgehead atoms. The van der Waals surface area contributed by atoms with Crippen molar-refractivity contribution < 1.29 is 4.74 Å². The van der Waals surface area contributed by atoms with E-state index in [0.717, 1.165) is 17.0 Å². The first kappa shape index (κ1) is 15.2. The number of tetrazole rings is 1. The molecule has 0 saturated carbocycles. The highest BCUT2D eigenvalue weighted by Gasteiger charge is 2.05. The summed E-state index contributed by atoms with van der Waals surface area (Å²) in [4.78, 5) is 0. The van der Waals surface area contributed by atoms with Gasteiger partial charge in [0.25, 0.3) is 0 Å². The first-order chi connectivity index (χ1) is 11.8. The van der Waals surface area contributed by atoms with Gasteiger partial charge in [0.15, 0.2) is 0 Å². The lowest BCUT2D eigenvalue weighted by Gasteiger charge is -2.07. The Labute approximate surface area is 138 Å². The van der Waals surface area contributed by atoms with Crippen molar-refractivity contribution in [3.8, 4) is 11.8 Å². The second-order valence-electron chi connectivity index (χ2n) is 4.85. The van der Waals surface area contributed by atoms with Crippen LogP contribution in [0, 0.1) is 11.3 Å². The molecule has 2 N–H and O–H groups in total. The summed E-state index contributed by atoms with van der Waals surface area (Å²) in [7, 11) is 0. The van der Waals surface area contributed by atoms with Gasteiger partial charge in [-0.05, 0) is 35.0 Å². The van der Waals surface area contributed by atoms with Crippen LogP contribution in [-0.4, -0.2) is 20.6 Å². The fourth-order valence-electron chi connectivity index (χ4n) is 1.97. The van der Waals surface area contributed by atoms with E-state index in [9.17, 15) is 0 Å². The summed E-state index contributed by atoms with van der Waals surface area (Å²) in [5.41, 5.74) is 2.22. The summed E-state index contributed by atoms with van der Waals surface area (Å²) >= 11 is 0. The summed E-state index contributed by atoms with van der Waals surface area (Å²) in [6.45, 7) is 0.518. The lowest BCUT2D eigenvalue weighted by atomic mass is 10.2. The molecule has 1 heterocycles. The molecular formula is C17H14N6O. The standard InChI is InChI=1S/C17H14N6O/c18-10-14(17-20-22-23-21-17)11-19-15-6-8-16(9-7-15)24-12-13-4-2-1-3-5-13/h1-9,11,19H,12H2,(H,20,21,22,23). The van der Waals surface area contributed by atoms with Gasteiger partial charge in [0, 0.05) is 11.9 Å². The zero-order valence-electron chi connectivity index (χ0n) is 12.7.